The highest BCUT2D eigenvalue weighted by Gasteiger charge is 2.22. The van der Waals surface area contributed by atoms with Gasteiger partial charge in [0, 0.05) is 4.47 Å². The Balaban J connectivity index is 2.46. The van der Waals surface area contributed by atoms with Crippen molar-refractivity contribution in [3.63, 3.8) is 0 Å². The summed E-state index contributed by atoms with van der Waals surface area (Å²) < 4.78 is 40.8. The van der Waals surface area contributed by atoms with Crippen molar-refractivity contribution in [2.24, 2.45) is 0 Å². The standard InChI is InChI=1S/C12H6Br2Cl2FNO2S/c13-6-3-9(15)12(10(16)4-6)21(19,20)18-7-1-2-11(17)8(14)5-7/h1-5,18H. The molecule has 0 atom stereocenters. The molecule has 0 aromatic heterocycles. The minimum atomic E-state index is -4.00. The van der Waals surface area contributed by atoms with E-state index in [4.69, 9.17) is 23.2 Å². The molecule has 2 aromatic carbocycles. The molecule has 3 nitrogen and oxygen atoms in total. The van der Waals surface area contributed by atoms with E-state index < -0.39 is 15.8 Å². The second-order valence-corrected chi connectivity index (χ2v) is 8.14. The Labute approximate surface area is 147 Å². The van der Waals surface area contributed by atoms with E-state index in [-0.39, 0.29) is 25.1 Å². The van der Waals surface area contributed by atoms with Gasteiger partial charge in [0.1, 0.15) is 10.7 Å². The Hall–Kier alpha value is -0.340. The minimum Gasteiger partial charge on any atom is -0.279 e. The predicted molar refractivity (Wildman–Crippen MR) is 89.1 cm³/mol. The van der Waals surface area contributed by atoms with Gasteiger partial charge in [-0.2, -0.15) is 0 Å². The van der Waals surface area contributed by atoms with E-state index in [1.807, 2.05) is 0 Å². The molecule has 0 saturated carbocycles. The van der Waals surface area contributed by atoms with Gasteiger partial charge in [-0.15, -0.1) is 0 Å². The number of sulfonamides is 1. The van der Waals surface area contributed by atoms with Crippen LogP contribution in [0.5, 0.6) is 0 Å². The third-order valence-corrected chi connectivity index (χ3v) is 5.77. The van der Waals surface area contributed by atoms with E-state index >= 15 is 0 Å². The molecule has 0 aliphatic carbocycles. The van der Waals surface area contributed by atoms with Gasteiger partial charge in [0.2, 0.25) is 0 Å². The molecular weight excluding hydrogens is 472 g/mol. The van der Waals surface area contributed by atoms with Crippen LogP contribution < -0.4 is 4.72 Å². The highest BCUT2D eigenvalue weighted by atomic mass is 79.9. The first-order chi connectivity index (χ1) is 9.70. The van der Waals surface area contributed by atoms with Crippen LogP contribution in [0.15, 0.2) is 44.2 Å². The number of hydrogen-bond donors (Lipinski definition) is 1. The predicted octanol–water partition coefficient (Wildman–Crippen LogP) is 5.46. The van der Waals surface area contributed by atoms with Gasteiger partial charge in [-0.1, -0.05) is 39.1 Å². The number of anilines is 1. The molecule has 0 saturated heterocycles. The molecule has 0 fully saturated rings. The van der Waals surface area contributed by atoms with E-state index in [1.165, 1.54) is 24.3 Å². The lowest BCUT2D eigenvalue weighted by atomic mass is 10.3. The number of hydrogen-bond acceptors (Lipinski definition) is 2. The Morgan fingerprint density at radius 2 is 1.62 bits per heavy atom. The highest BCUT2D eigenvalue weighted by Crippen LogP contribution is 2.34. The van der Waals surface area contributed by atoms with Crippen molar-refractivity contribution < 1.29 is 12.8 Å². The second-order valence-electron chi connectivity index (χ2n) is 3.93. The van der Waals surface area contributed by atoms with Crippen molar-refractivity contribution in [3.05, 3.63) is 55.1 Å². The van der Waals surface area contributed by atoms with Crippen LogP contribution in [0.25, 0.3) is 0 Å². The van der Waals surface area contributed by atoms with Gasteiger partial charge in [-0.25, -0.2) is 12.8 Å². The minimum absolute atomic E-state index is 0.0250. The maximum absolute atomic E-state index is 13.2. The summed E-state index contributed by atoms with van der Waals surface area (Å²) >= 11 is 18.0. The molecule has 0 radical (unpaired) electrons. The summed E-state index contributed by atoms with van der Waals surface area (Å²) in [6.07, 6.45) is 0. The normalized spacial score (nSPS) is 11.5. The average molecular weight is 478 g/mol. The number of nitrogens with one attached hydrogen (secondary N) is 1. The van der Waals surface area contributed by atoms with Gasteiger partial charge in [0.15, 0.2) is 0 Å². The monoisotopic (exact) mass is 475 g/mol. The van der Waals surface area contributed by atoms with E-state index in [0.717, 1.165) is 6.07 Å². The van der Waals surface area contributed by atoms with Gasteiger partial charge >= 0.3 is 0 Å². The van der Waals surface area contributed by atoms with E-state index in [0.29, 0.717) is 4.47 Å². The molecule has 0 unspecified atom stereocenters. The van der Waals surface area contributed by atoms with E-state index in [1.54, 1.807) is 0 Å². The van der Waals surface area contributed by atoms with Gasteiger partial charge in [-0.05, 0) is 46.3 Å². The van der Waals surface area contributed by atoms with Gasteiger partial charge in [0.25, 0.3) is 10.0 Å². The van der Waals surface area contributed by atoms with Crippen molar-refractivity contribution in [2.45, 2.75) is 4.90 Å². The summed E-state index contributed by atoms with van der Waals surface area (Å²) in [4.78, 5) is -0.241. The molecule has 9 heteroatoms. The van der Waals surface area contributed by atoms with Crippen LogP contribution in [0.1, 0.15) is 0 Å². The first-order valence-electron chi connectivity index (χ1n) is 5.33. The molecule has 2 aromatic rings. The van der Waals surface area contributed by atoms with Crippen LogP contribution in [0, 0.1) is 5.82 Å². The van der Waals surface area contributed by atoms with Crippen LogP contribution in [0.2, 0.25) is 10.0 Å². The SMILES string of the molecule is O=S(=O)(Nc1ccc(F)c(Br)c1)c1c(Cl)cc(Br)cc1Cl. The summed E-state index contributed by atoms with van der Waals surface area (Å²) in [6.45, 7) is 0. The first kappa shape index (κ1) is 17.0. The highest BCUT2D eigenvalue weighted by molar-refractivity contribution is 9.10. The fourth-order valence-electron chi connectivity index (χ4n) is 1.55. The van der Waals surface area contributed by atoms with Crippen molar-refractivity contribution in [2.75, 3.05) is 4.72 Å². The summed E-state index contributed by atoms with van der Waals surface area (Å²) in [5, 5.41) is -0.0499. The summed E-state index contributed by atoms with van der Waals surface area (Å²) in [5.41, 5.74) is 0.179. The van der Waals surface area contributed by atoms with Crippen molar-refractivity contribution in [1.29, 1.82) is 0 Å². The van der Waals surface area contributed by atoms with Crippen LogP contribution in [-0.4, -0.2) is 8.42 Å². The van der Waals surface area contributed by atoms with E-state index in [2.05, 4.69) is 36.6 Å². The molecule has 2 rings (SSSR count). The zero-order valence-electron chi connectivity index (χ0n) is 10.0. The molecule has 0 aliphatic heterocycles. The fourth-order valence-corrected chi connectivity index (χ4v) is 4.92. The molecule has 0 bridgehead atoms. The fraction of sp³-hybridized carbons (Fsp3) is 0. The Morgan fingerprint density at radius 3 is 2.14 bits per heavy atom. The number of benzene rings is 2. The molecule has 0 heterocycles. The zero-order valence-corrected chi connectivity index (χ0v) is 15.5. The summed E-state index contributed by atoms with van der Waals surface area (Å²) in [5.74, 6) is -0.502. The van der Waals surface area contributed by atoms with Crippen LogP contribution in [0.3, 0.4) is 0 Å². The lowest BCUT2D eigenvalue weighted by molar-refractivity contribution is 0.601. The van der Waals surface area contributed by atoms with E-state index in [9.17, 15) is 12.8 Å². The number of rotatable bonds is 3. The molecule has 0 aliphatic rings. The van der Waals surface area contributed by atoms with Crippen molar-refractivity contribution in [3.8, 4) is 0 Å². The third kappa shape index (κ3) is 3.90. The topological polar surface area (TPSA) is 46.2 Å². The quantitative estimate of drug-likeness (QED) is 0.638. The third-order valence-electron chi connectivity index (χ3n) is 2.40. The van der Waals surface area contributed by atoms with Crippen LogP contribution in [-0.2, 0) is 10.0 Å². The molecule has 0 spiro atoms. The van der Waals surface area contributed by atoms with Crippen LogP contribution >= 0.6 is 55.1 Å². The van der Waals surface area contributed by atoms with Gasteiger partial charge in [-0.3, -0.25) is 4.72 Å². The maximum atomic E-state index is 13.2. The molecule has 21 heavy (non-hydrogen) atoms. The number of halogens is 5. The van der Waals surface area contributed by atoms with Gasteiger partial charge in [0.05, 0.1) is 20.2 Å². The Morgan fingerprint density at radius 1 is 1.05 bits per heavy atom. The summed E-state index contributed by atoms with van der Waals surface area (Å²) in [6, 6.07) is 6.56. The summed E-state index contributed by atoms with van der Waals surface area (Å²) in [7, 11) is -4.00. The van der Waals surface area contributed by atoms with Crippen LogP contribution in [0.4, 0.5) is 10.1 Å². The lowest BCUT2D eigenvalue weighted by Crippen LogP contribution is -2.14. The largest absolute Gasteiger partial charge is 0.279 e. The Kier molecular flexibility index (Phi) is 5.20. The van der Waals surface area contributed by atoms with Gasteiger partial charge < -0.3 is 0 Å². The smallest absolute Gasteiger partial charge is 0.264 e. The second kappa shape index (κ2) is 6.42. The Bertz CT molecular complexity index is 792. The van der Waals surface area contributed by atoms with Crippen molar-refractivity contribution in [1.82, 2.24) is 0 Å². The molecule has 112 valence electrons. The molecule has 0 amide bonds. The maximum Gasteiger partial charge on any atom is 0.264 e. The first-order valence-corrected chi connectivity index (χ1v) is 9.15. The lowest BCUT2D eigenvalue weighted by Gasteiger charge is -2.12. The molecule has 1 N–H and O–H groups in total. The zero-order chi connectivity index (χ0) is 15.8. The molecular formula is C12H6Br2Cl2FNO2S. The average Bonchev–Trinajstić information content (AvgIpc) is 2.31. The van der Waals surface area contributed by atoms with Crippen molar-refractivity contribution >= 4 is 70.8 Å².